The Bertz CT molecular complexity index is 618. The van der Waals surface area contributed by atoms with E-state index >= 15 is 0 Å². The normalized spacial score (nSPS) is 24.4. The molecule has 0 amide bonds. The summed E-state index contributed by atoms with van der Waals surface area (Å²) in [5, 5.41) is -0.467. The molecular weight excluding hydrogens is 318 g/mol. The zero-order valence-electron chi connectivity index (χ0n) is 8.64. The standard InChI is InChI=1S/C12H4Cl4O2/c13-8-7(5-3-1-2-4-6(5)17)12(18)11(16)10(15)9(8)14/h1-4H/b7-5+. The van der Waals surface area contributed by atoms with E-state index in [0.29, 0.717) is 0 Å². The van der Waals surface area contributed by atoms with Crippen molar-refractivity contribution in [1.29, 1.82) is 0 Å². The zero-order valence-corrected chi connectivity index (χ0v) is 11.7. The van der Waals surface area contributed by atoms with Gasteiger partial charge in [-0.3, -0.25) is 9.59 Å². The number of carbonyl (C=O) groups is 2. The zero-order chi connectivity index (χ0) is 13.4. The lowest BCUT2D eigenvalue weighted by molar-refractivity contribution is -0.113. The summed E-state index contributed by atoms with van der Waals surface area (Å²) in [6.07, 6.45) is 5.97. The topological polar surface area (TPSA) is 34.1 Å². The highest BCUT2D eigenvalue weighted by molar-refractivity contribution is 6.60. The molecule has 0 aromatic heterocycles. The molecular formula is C12H4Cl4O2. The van der Waals surface area contributed by atoms with E-state index in [4.69, 9.17) is 46.4 Å². The van der Waals surface area contributed by atoms with Gasteiger partial charge in [-0.05, 0) is 6.08 Å². The minimum atomic E-state index is -0.612. The molecule has 92 valence electrons. The average molecular weight is 322 g/mol. The quantitative estimate of drug-likeness (QED) is 0.633. The highest BCUT2D eigenvalue weighted by atomic mass is 35.5. The largest absolute Gasteiger partial charge is 0.289 e. The lowest BCUT2D eigenvalue weighted by atomic mass is 9.94. The summed E-state index contributed by atoms with van der Waals surface area (Å²) in [6, 6.07) is 0. The van der Waals surface area contributed by atoms with Crippen molar-refractivity contribution in [2.24, 2.45) is 0 Å². The molecule has 0 radical (unpaired) electrons. The molecule has 0 spiro atoms. The Labute approximate surface area is 123 Å². The molecule has 2 aliphatic carbocycles. The van der Waals surface area contributed by atoms with Gasteiger partial charge < -0.3 is 0 Å². The molecule has 0 saturated carbocycles. The molecule has 0 bridgehead atoms. The number of rotatable bonds is 0. The van der Waals surface area contributed by atoms with Crippen LogP contribution in [0.15, 0.2) is 55.6 Å². The van der Waals surface area contributed by atoms with E-state index in [1.54, 1.807) is 12.2 Å². The monoisotopic (exact) mass is 320 g/mol. The van der Waals surface area contributed by atoms with Crippen LogP contribution in [0.3, 0.4) is 0 Å². The first-order chi connectivity index (χ1) is 8.45. The molecule has 0 N–H and O–H groups in total. The second kappa shape index (κ2) is 5.06. The summed E-state index contributed by atoms with van der Waals surface area (Å²) < 4.78 is 0. The molecule has 2 nitrogen and oxygen atoms in total. The molecule has 2 rings (SSSR count). The van der Waals surface area contributed by atoms with Crippen LogP contribution in [0.25, 0.3) is 0 Å². The Balaban J connectivity index is 2.71. The maximum absolute atomic E-state index is 12.0. The number of halogens is 4. The first-order valence-corrected chi connectivity index (χ1v) is 6.25. The van der Waals surface area contributed by atoms with E-state index in [9.17, 15) is 9.59 Å². The van der Waals surface area contributed by atoms with Crippen LogP contribution in [0.5, 0.6) is 0 Å². The number of carbonyl (C=O) groups excluding carboxylic acids is 2. The lowest BCUT2D eigenvalue weighted by Gasteiger charge is -2.17. The fourth-order valence-electron chi connectivity index (χ4n) is 1.53. The van der Waals surface area contributed by atoms with E-state index < -0.39 is 5.78 Å². The van der Waals surface area contributed by atoms with E-state index in [0.717, 1.165) is 0 Å². The highest BCUT2D eigenvalue weighted by Gasteiger charge is 2.32. The predicted molar refractivity (Wildman–Crippen MR) is 72.8 cm³/mol. The summed E-state index contributed by atoms with van der Waals surface area (Å²) in [5.74, 6) is -0.953. The Morgan fingerprint density at radius 3 is 1.89 bits per heavy atom. The molecule has 0 heterocycles. The maximum atomic E-state index is 12.0. The van der Waals surface area contributed by atoms with Crippen LogP contribution >= 0.6 is 46.4 Å². The van der Waals surface area contributed by atoms with Gasteiger partial charge in [0.2, 0.25) is 5.78 Å². The number of hydrogen-bond acceptors (Lipinski definition) is 2. The summed E-state index contributed by atoms with van der Waals surface area (Å²) >= 11 is 23.4. The van der Waals surface area contributed by atoms with Crippen molar-refractivity contribution in [3.8, 4) is 0 Å². The van der Waals surface area contributed by atoms with Crippen molar-refractivity contribution in [2.45, 2.75) is 0 Å². The Morgan fingerprint density at radius 1 is 0.722 bits per heavy atom. The smallest absolute Gasteiger partial charge is 0.208 e. The third-order valence-corrected chi connectivity index (χ3v) is 4.17. The number of Topliss-reactive ketones (excluding diaryl/α,β-unsaturated/α-hetero) is 1. The highest BCUT2D eigenvalue weighted by Crippen LogP contribution is 2.41. The second-order valence-corrected chi connectivity index (χ2v) is 4.97. The number of ketones is 2. The second-order valence-electron chi connectivity index (χ2n) is 3.46. The van der Waals surface area contributed by atoms with Crippen molar-refractivity contribution in [1.82, 2.24) is 0 Å². The van der Waals surface area contributed by atoms with E-state index in [1.807, 2.05) is 0 Å². The molecule has 18 heavy (non-hydrogen) atoms. The fourth-order valence-corrected chi connectivity index (χ4v) is 2.46. The molecule has 2 aliphatic rings. The van der Waals surface area contributed by atoms with Gasteiger partial charge >= 0.3 is 0 Å². The molecule has 0 atom stereocenters. The van der Waals surface area contributed by atoms with Gasteiger partial charge in [-0.15, -0.1) is 0 Å². The third-order valence-electron chi connectivity index (χ3n) is 2.38. The van der Waals surface area contributed by atoms with Gasteiger partial charge in [0.25, 0.3) is 0 Å². The lowest BCUT2D eigenvalue weighted by Crippen LogP contribution is -2.16. The minimum Gasteiger partial charge on any atom is -0.289 e. The Morgan fingerprint density at radius 2 is 1.28 bits per heavy atom. The van der Waals surface area contributed by atoms with Crippen LogP contribution in [0.1, 0.15) is 0 Å². The van der Waals surface area contributed by atoms with Gasteiger partial charge in [0.15, 0.2) is 5.78 Å². The molecule has 0 aromatic rings. The summed E-state index contributed by atoms with van der Waals surface area (Å²) in [7, 11) is 0. The molecule has 6 heteroatoms. The van der Waals surface area contributed by atoms with Gasteiger partial charge in [-0.2, -0.15) is 0 Å². The van der Waals surface area contributed by atoms with E-state index in [2.05, 4.69) is 0 Å². The number of allylic oxidation sites excluding steroid dienone is 10. The predicted octanol–water partition coefficient (Wildman–Crippen LogP) is 3.94. The SMILES string of the molecule is O=C1C=CC=C/C1=C1\C(=O)C(Cl)=C(Cl)C(Cl)=C1Cl. The van der Waals surface area contributed by atoms with Crippen LogP contribution in [-0.2, 0) is 9.59 Å². The maximum Gasteiger partial charge on any atom is 0.208 e. The molecule has 0 saturated heterocycles. The molecule has 0 aromatic carbocycles. The first-order valence-electron chi connectivity index (χ1n) is 4.74. The van der Waals surface area contributed by atoms with E-state index in [-0.39, 0.29) is 37.1 Å². The molecule has 0 unspecified atom stereocenters. The van der Waals surface area contributed by atoms with Gasteiger partial charge in [-0.25, -0.2) is 0 Å². The minimum absolute atomic E-state index is 0.0262. The van der Waals surface area contributed by atoms with Crippen molar-refractivity contribution in [3.63, 3.8) is 0 Å². The first kappa shape index (κ1) is 13.6. The van der Waals surface area contributed by atoms with Gasteiger partial charge in [-0.1, -0.05) is 64.6 Å². The third kappa shape index (κ3) is 2.10. The molecule has 0 fully saturated rings. The van der Waals surface area contributed by atoms with Crippen molar-refractivity contribution < 1.29 is 9.59 Å². The Hall–Kier alpha value is -0.800. The summed E-state index contributed by atoms with van der Waals surface area (Å²) in [5.41, 5.74) is 0.120. The van der Waals surface area contributed by atoms with Crippen molar-refractivity contribution in [2.75, 3.05) is 0 Å². The number of hydrogen-bond donors (Lipinski definition) is 0. The van der Waals surface area contributed by atoms with Crippen LogP contribution in [-0.4, -0.2) is 11.6 Å². The Kier molecular flexibility index (Phi) is 3.83. The van der Waals surface area contributed by atoms with Crippen molar-refractivity contribution in [3.05, 3.63) is 55.6 Å². The molecule has 0 aliphatic heterocycles. The summed E-state index contributed by atoms with van der Waals surface area (Å²) in [4.78, 5) is 23.7. The van der Waals surface area contributed by atoms with Crippen LogP contribution in [0.4, 0.5) is 0 Å². The van der Waals surface area contributed by atoms with Crippen LogP contribution in [0, 0.1) is 0 Å². The van der Waals surface area contributed by atoms with Gasteiger partial charge in [0, 0.05) is 5.57 Å². The van der Waals surface area contributed by atoms with Gasteiger partial charge in [0.05, 0.1) is 20.7 Å². The fraction of sp³-hybridized carbons (Fsp3) is 0. The summed E-state index contributed by atoms with van der Waals surface area (Å²) in [6.45, 7) is 0. The van der Waals surface area contributed by atoms with Gasteiger partial charge in [0.1, 0.15) is 5.03 Å². The van der Waals surface area contributed by atoms with Crippen molar-refractivity contribution >= 4 is 58.0 Å². The average Bonchev–Trinajstić information content (AvgIpc) is 2.36. The van der Waals surface area contributed by atoms with Crippen LogP contribution in [0.2, 0.25) is 0 Å². The van der Waals surface area contributed by atoms with E-state index in [1.165, 1.54) is 12.2 Å². The van der Waals surface area contributed by atoms with Crippen LogP contribution < -0.4 is 0 Å².